The maximum Gasteiger partial charge on any atom is 0.255 e. The van der Waals surface area contributed by atoms with Crippen LogP contribution in [0.3, 0.4) is 0 Å². The van der Waals surface area contributed by atoms with Crippen LogP contribution in [0.1, 0.15) is 23.2 Å². The summed E-state index contributed by atoms with van der Waals surface area (Å²) in [5.74, 6) is -0.154. The molecule has 1 aliphatic rings. The number of piperidine rings is 1. The number of likely N-dealkylation sites (tertiary alicyclic amines) is 1. The number of carbonyl (C=O) groups is 1. The summed E-state index contributed by atoms with van der Waals surface area (Å²) in [6, 6.07) is 4.55. The number of carbonyl (C=O) groups excluding carboxylic acids is 1. The van der Waals surface area contributed by atoms with Crippen molar-refractivity contribution in [2.75, 3.05) is 26.8 Å². The van der Waals surface area contributed by atoms with Crippen molar-refractivity contribution in [3.8, 4) is 0 Å². The summed E-state index contributed by atoms with van der Waals surface area (Å²) in [6.07, 6.45) is 2.04. The fraction of sp³-hybridized carbons (Fsp3) is 0.500. The Hall–Kier alpha value is -0.940. The van der Waals surface area contributed by atoms with E-state index in [1.165, 1.54) is 6.07 Å². The lowest BCUT2D eigenvalue weighted by atomic mass is 9.98. The Labute approximate surface area is 120 Å². The van der Waals surface area contributed by atoms with Crippen LogP contribution < -0.4 is 0 Å². The van der Waals surface area contributed by atoms with Crippen molar-refractivity contribution in [1.29, 1.82) is 0 Å². The van der Waals surface area contributed by atoms with Gasteiger partial charge in [0.2, 0.25) is 0 Å². The van der Waals surface area contributed by atoms with Crippen LogP contribution in [0.5, 0.6) is 0 Å². The molecule has 3 nitrogen and oxygen atoms in total. The van der Waals surface area contributed by atoms with Crippen molar-refractivity contribution in [3.05, 3.63) is 34.1 Å². The van der Waals surface area contributed by atoms with Gasteiger partial charge in [-0.25, -0.2) is 4.39 Å². The summed E-state index contributed by atoms with van der Waals surface area (Å²) in [5, 5.41) is 0. The van der Waals surface area contributed by atoms with E-state index in [9.17, 15) is 9.18 Å². The molecule has 1 fully saturated rings. The van der Waals surface area contributed by atoms with E-state index in [2.05, 4.69) is 15.9 Å². The summed E-state index contributed by atoms with van der Waals surface area (Å²) < 4.78 is 18.9. The van der Waals surface area contributed by atoms with Crippen LogP contribution >= 0.6 is 15.9 Å². The number of benzene rings is 1. The number of nitrogens with zero attached hydrogens (tertiary/aromatic N) is 1. The number of rotatable bonds is 3. The van der Waals surface area contributed by atoms with E-state index in [-0.39, 0.29) is 10.4 Å². The third-order valence-corrected chi connectivity index (χ3v) is 4.20. The summed E-state index contributed by atoms with van der Waals surface area (Å²) in [6.45, 7) is 2.06. The Morgan fingerprint density at radius 3 is 3.11 bits per heavy atom. The molecular weight excluding hydrogens is 313 g/mol. The van der Waals surface area contributed by atoms with E-state index in [1.54, 1.807) is 24.1 Å². The summed E-state index contributed by atoms with van der Waals surface area (Å²) in [5.41, 5.74) is 0.387. The van der Waals surface area contributed by atoms with Gasteiger partial charge in [-0.2, -0.15) is 0 Å². The average Bonchev–Trinajstić information content (AvgIpc) is 2.42. The van der Waals surface area contributed by atoms with Crippen molar-refractivity contribution in [3.63, 3.8) is 0 Å². The first-order valence-electron chi connectivity index (χ1n) is 6.35. The molecule has 0 radical (unpaired) electrons. The Balaban J connectivity index is 2.12. The van der Waals surface area contributed by atoms with Gasteiger partial charge in [0.15, 0.2) is 0 Å². The molecule has 19 heavy (non-hydrogen) atoms. The van der Waals surface area contributed by atoms with E-state index in [1.807, 2.05) is 0 Å². The molecule has 1 unspecified atom stereocenters. The smallest absolute Gasteiger partial charge is 0.255 e. The maximum atomic E-state index is 13.5. The lowest BCUT2D eigenvalue weighted by molar-refractivity contribution is 0.0569. The minimum absolute atomic E-state index is 0.118. The van der Waals surface area contributed by atoms with Crippen LogP contribution in [-0.4, -0.2) is 37.6 Å². The number of halogens is 2. The van der Waals surface area contributed by atoms with E-state index in [0.717, 1.165) is 19.4 Å². The molecule has 0 N–H and O–H groups in total. The zero-order chi connectivity index (χ0) is 13.8. The number of ether oxygens (including phenoxy) is 1. The van der Waals surface area contributed by atoms with Crippen LogP contribution in [0.2, 0.25) is 0 Å². The Morgan fingerprint density at radius 1 is 1.58 bits per heavy atom. The largest absolute Gasteiger partial charge is 0.384 e. The third kappa shape index (κ3) is 3.34. The highest BCUT2D eigenvalue weighted by molar-refractivity contribution is 9.10. The molecule has 0 saturated carbocycles. The molecule has 1 aliphatic heterocycles. The molecular formula is C14H17BrFNO2. The number of hydrogen-bond donors (Lipinski definition) is 0. The lowest BCUT2D eigenvalue weighted by Gasteiger charge is -2.32. The zero-order valence-corrected chi connectivity index (χ0v) is 12.5. The van der Waals surface area contributed by atoms with Crippen LogP contribution in [0.15, 0.2) is 22.7 Å². The molecule has 1 heterocycles. The first-order chi connectivity index (χ1) is 9.13. The highest BCUT2D eigenvalue weighted by atomic mass is 79.9. The Bertz CT molecular complexity index is 465. The minimum Gasteiger partial charge on any atom is -0.384 e. The highest BCUT2D eigenvalue weighted by Gasteiger charge is 2.26. The van der Waals surface area contributed by atoms with Crippen molar-refractivity contribution in [2.24, 2.45) is 5.92 Å². The first kappa shape index (κ1) is 14.5. The molecule has 0 bridgehead atoms. The summed E-state index contributed by atoms with van der Waals surface area (Å²) in [7, 11) is 1.67. The zero-order valence-electron chi connectivity index (χ0n) is 10.9. The normalized spacial score (nSPS) is 19.5. The monoisotopic (exact) mass is 329 g/mol. The molecule has 1 atom stereocenters. The average molecular weight is 330 g/mol. The molecule has 1 aromatic carbocycles. The molecule has 104 valence electrons. The van der Waals surface area contributed by atoms with Gasteiger partial charge in [0.1, 0.15) is 5.82 Å². The van der Waals surface area contributed by atoms with Gasteiger partial charge in [0.05, 0.1) is 16.6 Å². The van der Waals surface area contributed by atoms with Crippen LogP contribution in [-0.2, 0) is 4.74 Å². The SMILES string of the molecule is COCC1CCCN(C(=O)c2cccc(F)c2Br)C1. The standard InChI is InChI=1S/C14H17BrFNO2/c1-19-9-10-4-3-7-17(8-10)14(18)11-5-2-6-12(16)13(11)15/h2,5-6,10H,3-4,7-9H2,1H3. The van der Waals surface area contributed by atoms with E-state index in [0.29, 0.717) is 24.6 Å². The molecule has 1 aromatic rings. The topological polar surface area (TPSA) is 29.5 Å². The van der Waals surface area contributed by atoms with Gasteiger partial charge in [0, 0.05) is 20.2 Å². The molecule has 0 aliphatic carbocycles. The van der Waals surface area contributed by atoms with Gasteiger partial charge < -0.3 is 9.64 Å². The molecule has 2 rings (SSSR count). The minimum atomic E-state index is -0.406. The second kappa shape index (κ2) is 6.48. The maximum absolute atomic E-state index is 13.5. The molecule has 0 spiro atoms. The number of amides is 1. The van der Waals surface area contributed by atoms with E-state index < -0.39 is 5.82 Å². The summed E-state index contributed by atoms with van der Waals surface area (Å²) >= 11 is 3.15. The third-order valence-electron chi connectivity index (χ3n) is 3.39. The van der Waals surface area contributed by atoms with Crippen LogP contribution in [0, 0.1) is 11.7 Å². The van der Waals surface area contributed by atoms with Gasteiger partial charge in [0.25, 0.3) is 5.91 Å². The Morgan fingerprint density at radius 2 is 2.37 bits per heavy atom. The van der Waals surface area contributed by atoms with Crippen LogP contribution in [0.4, 0.5) is 4.39 Å². The van der Waals surface area contributed by atoms with Crippen molar-refractivity contribution in [1.82, 2.24) is 4.90 Å². The highest BCUT2D eigenvalue weighted by Crippen LogP contribution is 2.24. The van der Waals surface area contributed by atoms with Gasteiger partial charge in [-0.1, -0.05) is 6.07 Å². The first-order valence-corrected chi connectivity index (χ1v) is 7.15. The van der Waals surface area contributed by atoms with Crippen molar-refractivity contribution in [2.45, 2.75) is 12.8 Å². The van der Waals surface area contributed by atoms with E-state index in [4.69, 9.17) is 4.74 Å². The van der Waals surface area contributed by atoms with Gasteiger partial charge in [-0.15, -0.1) is 0 Å². The van der Waals surface area contributed by atoms with E-state index >= 15 is 0 Å². The van der Waals surface area contributed by atoms with Crippen molar-refractivity contribution < 1.29 is 13.9 Å². The molecule has 5 heteroatoms. The predicted octanol–water partition coefficient (Wildman–Crippen LogP) is 3.09. The van der Waals surface area contributed by atoms with Gasteiger partial charge in [-0.05, 0) is 46.8 Å². The quantitative estimate of drug-likeness (QED) is 0.852. The molecule has 1 saturated heterocycles. The number of hydrogen-bond acceptors (Lipinski definition) is 2. The second-order valence-electron chi connectivity index (χ2n) is 4.82. The second-order valence-corrected chi connectivity index (χ2v) is 5.61. The fourth-order valence-corrected chi connectivity index (χ4v) is 2.89. The van der Waals surface area contributed by atoms with Crippen LogP contribution in [0.25, 0.3) is 0 Å². The molecule has 0 aromatic heterocycles. The fourth-order valence-electron chi connectivity index (χ4n) is 2.46. The number of methoxy groups -OCH3 is 1. The lowest BCUT2D eigenvalue weighted by Crippen LogP contribution is -2.41. The predicted molar refractivity (Wildman–Crippen MR) is 74.6 cm³/mol. The summed E-state index contributed by atoms with van der Waals surface area (Å²) in [4.78, 5) is 14.2. The van der Waals surface area contributed by atoms with Gasteiger partial charge in [-0.3, -0.25) is 4.79 Å². The molecule has 1 amide bonds. The van der Waals surface area contributed by atoms with Gasteiger partial charge >= 0.3 is 0 Å². The Kier molecular flexibility index (Phi) is 4.93. The van der Waals surface area contributed by atoms with Crippen molar-refractivity contribution >= 4 is 21.8 Å².